The van der Waals surface area contributed by atoms with Gasteiger partial charge in [-0.1, -0.05) is 11.6 Å². The molecule has 140 valence electrons. The van der Waals surface area contributed by atoms with Crippen molar-refractivity contribution in [3.63, 3.8) is 0 Å². The smallest absolute Gasteiger partial charge is 0.338 e. The van der Waals surface area contributed by atoms with Crippen molar-refractivity contribution >= 4 is 40.8 Å². The Morgan fingerprint density at radius 3 is 2.44 bits per heavy atom. The molecule has 0 saturated carbocycles. The van der Waals surface area contributed by atoms with Gasteiger partial charge in [-0.15, -0.1) is 0 Å². The van der Waals surface area contributed by atoms with Crippen LogP contribution in [0.25, 0.3) is 0 Å². The van der Waals surface area contributed by atoms with Crippen molar-refractivity contribution in [3.05, 3.63) is 59.1 Å². The van der Waals surface area contributed by atoms with Gasteiger partial charge >= 0.3 is 5.97 Å². The van der Waals surface area contributed by atoms with E-state index in [0.29, 0.717) is 29.4 Å². The molecule has 27 heavy (non-hydrogen) atoms. The molecule has 0 unspecified atom stereocenters. The number of ether oxygens (including phenoxy) is 1. The maximum Gasteiger partial charge on any atom is 0.338 e. The largest absolute Gasteiger partial charge is 0.462 e. The van der Waals surface area contributed by atoms with E-state index in [4.69, 9.17) is 16.3 Å². The molecule has 1 N–H and O–H groups in total. The lowest BCUT2D eigenvalue weighted by Crippen LogP contribution is -2.28. The maximum atomic E-state index is 12.5. The number of hydrogen-bond donors (Lipinski definition) is 1. The van der Waals surface area contributed by atoms with Crippen molar-refractivity contribution in [2.45, 2.75) is 13.3 Å². The van der Waals surface area contributed by atoms with Crippen LogP contribution in [0.5, 0.6) is 0 Å². The highest BCUT2D eigenvalue weighted by Gasteiger charge is 2.35. The minimum atomic E-state index is -0.446. The monoisotopic (exact) mass is 386 g/mol. The zero-order valence-electron chi connectivity index (χ0n) is 14.8. The summed E-state index contributed by atoms with van der Waals surface area (Å²) in [5.41, 5.74) is 1.70. The number of hydrogen-bond acceptors (Lipinski definition) is 4. The molecule has 1 saturated heterocycles. The van der Waals surface area contributed by atoms with Crippen molar-refractivity contribution in [2.24, 2.45) is 5.92 Å². The second-order valence-corrected chi connectivity index (χ2v) is 6.61. The summed E-state index contributed by atoms with van der Waals surface area (Å²) in [5, 5.41) is 3.38. The third kappa shape index (κ3) is 4.46. The summed E-state index contributed by atoms with van der Waals surface area (Å²) in [4.78, 5) is 38.0. The lowest BCUT2D eigenvalue weighted by molar-refractivity contribution is -0.122. The van der Waals surface area contributed by atoms with Crippen molar-refractivity contribution in [2.75, 3.05) is 23.4 Å². The average molecular weight is 387 g/mol. The number of amides is 2. The fourth-order valence-corrected chi connectivity index (χ4v) is 3.03. The fraction of sp³-hybridized carbons (Fsp3) is 0.250. The highest BCUT2D eigenvalue weighted by atomic mass is 35.5. The van der Waals surface area contributed by atoms with Crippen LogP contribution in [0.15, 0.2) is 48.5 Å². The Bertz CT molecular complexity index is 849. The summed E-state index contributed by atoms with van der Waals surface area (Å²) in [6, 6.07) is 13.4. The average Bonchev–Trinajstić information content (AvgIpc) is 3.05. The Hall–Kier alpha value is -2.86. The number of halogens is 1. The molecule has 1 fully saturated rings. The van der Waals surface area contributed by atoms with Gasteiger partial charge in [0.1, 0.15) is 0 Å². The first kappa shape index (κ1) is 18.9. The van der Waals surface area contributed by atoms with E-state index < -0.39 is 11.9 Å². The Morgan fingerprint density at radius 1 is 1.15 bits per heavy atom. The van der Waals surface area contributed by atoms with Gasteiger partial charge in [0.15, 0.2) is 0 Å². The third-order valence-electron chi connectivity index (χ3n) is 4.30. The number of benzene rings is 2. The maximum absolute atomic E-state index is 12.5. The molecule has 7 heteroatoms. The first-order chi connectivity index (χ1) is 13.0. The fourth-order valence-electron chi connectivity index (χ4n) is 2.90. The van der Waals surface area contributed by atoms with E-state index in [1.807, 2.05) is 0 Å². The molecule has 3 rings (SSSR count). The Balaban J connectivity index is 1.62. The Labute approximate surface area is 162 Å². The molecule has 1 aliphatic rings. The van der Waals surface area contributed by atoms with Gasteiger partial charge in [0.05, 0.1) is 18.1 Å². The summed E-state index contributed by atoms with van der Waals surface area (Å²) in [5.74, 6) is -1.19. The predicted molar refractivity (Wildman–Crippen MR) is 103 cm³/mol. The van der Waals surface area contributed by atoms with Crippen LogP contribution >= 0.6 is 11.6 Å². The third-order valence-corrected chi connectivity index (χ3v) is 4.55. The zero-order valence-corrected chi connectivity index (χ0v) is 15.5. The molecule has 2 aromatic rings. The SMILES string of the molecule is CCOC(=O)c1ccc(NC(=O)[C@H]2CC(=O)N(c3ccc(Cl)cc3)C2)cc1. The van der Waals surface area contributed by atoms with Crippen molar-refractivity contribution in [1.29, 1.82) is 0 Å². The van der Waals surface area contributed by atoms with Crippen LogP contribution in [-0.4, -0.2) is 30.9 Å². The second kappa shape index (κ2) is 8.22. The van der Waals surface area contributed by atoms with E-state index >= 15 is 0 Å². The molecular weight excluding hydrogens is 368 g/mol. The van der Waals surface area contributed by atoms with Crippen LogP contribution in [0, 0.1) is 5.92 Å². The zero-order chi connectivity index (χ0) is 19.4. The standard InChI is InChI=1S/C20H19ClN2O4/c1-2-27-20(26)13-3-7-16(8-4-13)22-19(25)14-11-18(24)23(12-14)17-9-5-15(21)6-10-17/h3-10,14H,2,11-12H2,1H3,(H,22,25)/t14-/m0/s1. The normalized spacial score (nSPS) is 16.3. The molecule has 1 aliphatic heterocycles. The van der Waals surface area contributed by atoms with Crippen LogP contribution in [-0.2, 0) is 14.3 Å². The molecule has 0 aliphatic carbocycles. The molecule has 0 bridgehead atoms. The van der Waals surface area contributed by atoms with Gasteiger partial charge in [-0.3, -0.25) is 9.59 Å². The summed E-state index contributed by atoms with van der Waals surface area (Å²) >= 11 is 5.88. The van der Waals surface area contributed by atoms with Crippen molar-refractivity contribution in [1.82, 2.24) is 0 Å². The molecule has 2 aromatic carbocycles. The molecule has 2 amide bonds. The number of nitrogens with one attached hydrogen (secondary N) is 1. The van der Waals surface area contributed by atoms with Gasteiger partial charge in [0.25, 0.3) is 0 Å². The molecule has 0 aromatic heterocycles. The van der Waals surface area contributed by atoms with Gasteiger partial charge in [-0.2, -0.15) is 0 Å². The Morgan fingerprint density at radius 2 is 1.81 bits per heavy atom. The van der Waals surface area contributed by atoms with E-state index in [0.717, 1.165) is 5.69 Å². The van der Waals surface area contributed by atoms with Crippen molar-refractivity contribution < 1.29 is 19.1 Å². The number of carbonyl (C=O) groups excluding carboxylic acids is 3. The van der Waals surface area contributed by atoms with Crippen LogP contribution in [0.1, 0.15) is 23.7 Å². The van der Waals surface area contributed by atoms with E-state index in [-0.39, 0.29) is 18.2 Å². The molecule has 1 atom stereocenters. The van der Waals surface area contributed by atoms with Gasteiger partial charge in [0.2, 0.25) is 11.8 Å². The minimum Gasteiger partial charge on any atom is -0.462 e. The van der Waals surface area contributed by atoms with Gasteiger partial charge in [-0.25, -0.2) is 4.79 Å². The molecule has 0 radical (unpaired) electrons. The highest BCUT2D eigenvalue weighted by Crippen LogP contribution is 2.27. The summed E-state index contributed by atoms with van der Waals surface area (Å²) in [6.07, 6.45) is 0.148. The van der Waals surface area contributed by atoms with Crippen LogP contribution < -0.4 is 10.2 Å². The molecule has 1 heterocycles. The predicted octanol–water partition coefficient (Wildman–Crippen LogP) is 3.51. The number of rotatable bonds is 5. The number of nitrogens with zero attached hydrogens (tertiary/aromatic N) is 1. The second-order valence-electron chi connectivity index (χ2n) is 6.17. The Kier molecular flexibility index (Phi) is 5.76. The van der Waals surface area contributed by atoms with Crippen LogP contribution in [0.2, 0.25) is 5.02 Å². The lowest BCUT2D eigenvalue weighted by atomic mass is 10.1. The van der Waals surface area contributed by atoms with Crippen LogP contribution in [0.3, 0.4) is 0 Å². The summed E-state index contributed by atoms with van der Waals surface area (Å²) < 4.78 is 4.93. The highest BCUT2D eigenvalue weighted by molar-refractivity contribution is 6.30. The van der Waals surface area contributed by atoms with Gasteiger partial charge in [-0.05, 0) is 55.5 Å². The van der Waals surface area contributed by atoms with Gasteiger partial charge < -0.3 is 15.0 Å². The minimum absolute atomic E-state index is 0.102. The first-order valence-electron chi connectivity index (χ1n) is 8.62. The lowest BCUT2D eigenvalue weighted by Gasteiger charge is -2.16. The van der Waals surface area contributed by atoms with Gasteiger partial charge in [0, 0.05) is 29.4 Å². The van der Waals surface area contributed by atoms with E-state index in [2.05, 4.69) is 5.32 Å². The number of esters is 1. The van der Waals surface area contributed by atoms with E-state index in [9.17, 15) is 14.4 Å². The van der Waals surface area contributed by atoms with E-state index in [1.165, 1.54) is 0 Å². The summed E-state index contributed by atoms with van der Waals surface area (Å²) in [7, 11) is 0. The van der Waals surface area contributed by atoms with E-state index in [1.54, 1.807) is 60.4 Å². The van der Waals surface area contributed by atoms with Crippen molar-refractivity contribution in [3.8, 4) is 0 Å². The quantitative estimate of drug-likeness (QED) is 0.798. The summed E-state index contributed by atoms with van der Waals surface area (Å²) in [6.45, 7) is 2.35. The molecular formula is C20H19ClN2O4. The molecule has 0 spiro atoms. The van der Waals surface area contributed by atoms with Crippen LogP contribution in [0.4, 0.5) is 11.4 Å². The number of carbonyl (C=O) groups is 3. The topological polar surface area (TPSA) is 75.7 Å². The number of anilines is 2. The first-order valence-corrected chi connectivity index (χ1v) is 8.99. The molecule has 6 nitrogen and oxygen atoms in total.